The maximum absolute atomic E-state index is 11.4. The first-order valence-corrected chi connectivity index (χ1v) is 5.78. The standard InChI is InChI=1S/C13H19NO3/c1-2-17-10-13(16)14-12(9-15)8-11-6-4-3-5-7-11/h3-7,12,15H,2,8-10H2,1H3,(H,14,16)/t12-/m1/s1. The Morgan fingerprint density at radius 2 is 2.12 bits per heavy atom. The van der Waals surface area contributed by atoms with Crippen molar-refractivity contribution >= 4 is 5.91 Å². The number of hydrogen-bond acceptors (Lipinski definition) is 3. The Morgan fingerprint density at radius 1 is 1.41 bits per heavy atom. The van der Waals surface area contributed by atoms with E-state index in [1.807, 2.05) is 37.3 Å². The first-order valence-electron chi connectivity index (χ1n) is 5.78. The lowest BCUT2D eigenvalue weighted by atomic mass is 10.1. The molecule has 94 valence electrons. The molecule has 0 unspecified atom stereocenters. The van der Waals surface area contributed by atoms with Gasteiger partial charge < -0.3 is 15.2 Å². The van der Waals surface area contributed by atoms with Crippen LogP contribution in [0.5, 0.6) is 0 Å². The van der Waals surface area contributed by atoms with E-state index >= 15 is 0 Å². The molecule has 1 rings (SSSR count). The lowest BCUT2D eigenvalue weighted by Gasteiger charge is -2.16. The monoisotopic (exact) mass is 237 g/mol. The zero-order valence-electron chi connectivity index (χ0n) is 10.1. The number of ether oxygens (including phenoxy) is 1. The topological polar surface area (TPSA) is 58.6 Å². The fourth-order valence-corrected chi connectivity index (χ4v) is 1.52. The second-order valence-corrected chi connectivity index (χ2v) is 3.77. The molecule has 4 heteroatoms. The minimum atomic E-state index is -0.259. The van der Waals surface area contributed by atoms with Gasteiger partial charge in [-0.25, -0.2) is 0 Å². The molecule has 0 spiro atoms. The van der Waals surface area contributed by atoms with Gasteiger partial charge in [-0.1, -0.05) is 30.3 Å². The zero-order chi connectivity index (χ0) is 12.5. The van der Waals surface area contributed by atoms with Crippen molar-refractivity contribution in [1.82, 2.24) is 5.32 Å². The fourth-order valence-electron chi connectivity index (χ4n) is 1.52. The second kappa shape index (κ2) is 7.81. The summed E-state index contributed by atoms with van der Waals surface area (Å²) in [6, 6.07) is 9.49. The Morgan fingerprint density at radius 3 is 2.71 bits per heavy atom. The predicted octanol–water partition coefficient (Wildman–Crippen LogP) is 0.743. The molecule has 0 aromatic heterocycles. The number of aliphatic hydroxyl groups is 1. The molecule has 17 heavy (non-hydrogen) atoms. The normalized spacial score (nSPS) is 12.1. The highest BCUT2D eigenvalue weighted by molar-refractivity contribution is 5.77. The van der Waals surface area contributed by atoms with E-state index in [-0.39, 0.29) is 25.2 Å². The van der Waals surface area contributed by atoms with Crippen molar-refractivity contribution in [3.63, 3.8) is 0 Å². The number of carbonyl (C=O) groups excluding carboxylic acids is 1. The molecule has 0 bridgehead atoms. The van der Waals surface area contributed by atoms with Gasteiger partial charge in [0.05, 0.1) is 12.6 Å². The molecule has 4 nitrogen and oxygen atoms in total. The van der Waals surface area contributed by atoms with Crippen LogP contribution >= 0.6 is 0 Å². The van der Waals surface area contributed by atoms with Gasteiger partial charge in [-0.3, -0.25) is 4.79 Å². The molecule has 1 atom stereocenters. The van der Waals surface area contributed by atoms with Crippen LogP contribution in [0.15, 0.2) is 30.3 Å². The minimum absolute atomic E-state index is 0.0434. The van der Waals surface area contributed by atoms with Gasteiger partial charge in [-0.05, 0) is 18.9 Å². The van der Waals surface area contributed by atoms with Crippen molar-refractivity contribution in [2.75, 3.05) is 19.8 Å². The number of rotatable bonds is 7. The van der Waals surface area contributed by atoms with Crippen LogP contribution in [0.25, 0.3) is 0 Å². The molecule has 1 amide bonds. The van der Waals surface area contributed by atoms with Crippen molar-refractivity contribution in [2.24, 2.45) is 0 Å². The van der Waals surface area contributed by atoms with Crippen LogP contribution in [-0.2, 0) is 16.0 Å². The van der Waals surface area contributed by atoms with Crippen molar-refractivity contribution in [3.8, 4) is 0 Å². The molecule has 0 saturated heterocycles. The summed E-state index contributed by atoms with van der Waals surface area (Å²) in [5.41, 5.74) is 1.09. The molecule has 1 aromatic rings. The Kier molecular flexibility index (Phi) is 6.29. The third-order valence-electron chi connectivity index (χ3n) is 2.35. The Labute approximate surface area is 102 Å². The van der Waals surface area contributed by atoms with E-state index in [9.17, 15) is 9.90 Å². The molecule has 0 aliphatic carbocycles. The lowest BCUT2D eigenvalue weighted by Crippen LogP contribution is -2.41. The highest BCUT2D eigenvalue weighted by atomic mass is 16.5. The van der Waals surface area contributed by atoms with Crippen molar-refractivity contribution in [3.05, 3.63) is 35.9 Å². The number of aliphatic hydroxyl groups excluding tert-OH is 1. The van der Waals surface area contributed by atoms with E-state index in [1.54, 1.807) is 0 Å². The largest absolute Gasteiger partial charge is 0.394 e. The molecular formula is C13H19NO3. The van der Waals surface area contributed by atoms with Gasteiger partial charge in [0, 0.05) is 6.61 Å². The molecular weight excluding hydrogens is 218 g/mol. The first kappa shape index (κ1) is 13.7. The maximum atomic E-state index is 11.4. The molecule has 0 heterocycles. The van der Waals surface area contributed by atoms with Crippen molar-refractivity contribution in [1.29, 1.82) is 0 Å². The average Bonchev–Trinajstić information content (AvgIpc) is 2.36. The quantitative estimate of drug-likeness (QED) is 0.735. The Balaban J connectivity index is 2.41. The van der Waals surface area contributed by atoms with Gasteiger partial charge in [0.2, 0.25) is 5.91 Å². The number of hydrogen-bond donors (Lipinski definition) is 2. The van der Waals surface area contributed by atoms with Crippen LogP contribution in [0.4, 0.5) is 0 Å². The van der Waals surface area contributed by atoms with Crippen molar-refractivity contribution in [2.45, 2.75) is 19.4 Å². The fraction of sp³-hybridized carbons (Fsp3) is 0.462. The number of benzene rings is 1. The molecule has 0 aliphatic heterocycles. The number of nitrogens with one attached hydrogen (secondary N) is 1. The van der Waals surface area contributed by atoms with E-state index in [0.29, 0.717) is 13.0 Å². The molecule has 0 aliphatic rings. The predicted molar refractivity (Wildman–Crippen MR) is 65.7 cm³/mol. The maximum Gasteiger partial charge on any atom is 0.246 e. The molecule has 0 saturated carbocycles. The summed E-state index contributed by atoms with van der Waals surface area (Å²) in [4.78, 5) is 11.4. The van der Waals surface area contributed by atoms with Gasteiger partial charge in [0.15, 0.2) is 0 Å². The van der Waals surface area contributed by atoms with Gasteiger partial charge >= 0.3 is 0 Å². The average molecular weight is 237 g/mol. The summed E-state index contributed by atoms with van der Waals surface area (Å²) < 4.78 is 5.00. The van der Waals surface area contributed by atoms with Gasteiger partial charge in [0.1, 0.15) is 6.61 Å². The van der Waals surface area contributed by atoms with E-state index in [4.69, 9.17) is 4.74 Å². The van der Waals surface area contributed by atoms with Gasteiger partial charge in [-0.15, -0.1) is 0 Å². The SMILES string of the molecule is CCOCC(=O)N[C@@H](CO)Cc1ccccc1. The van der Waals surface area contributed by atoms with E-state index < -0.39 is 0 Å². The van der Waals surface area contributed by atoms with Crippen LogP contribution < -0.4 is 5.32 Å². The zero-order valence-corrected chi connectivity index (χ0v) is 10.1. The lowest BCUT2D eigenvalue weighted by molar-refractivity contribution is -0.126. The Bertz CT molecular complexity index is 327. The molecule has 0 radical (unpaired) electrons. The van der Waals surface area contributed by atoms with Gasteiger partial charge in [0.25, 0.3) is 0 Å². The van der Waals surface area contributed by atoms with E-state index in [2.05, 4.69) is 5.32 Å². The van der Waals surface area contributed by atoms with E-state index in [1.165, 1.54) is 0 Å². The number of amides is 1. The van der Waals surface area contributed by atoms with E-state index in [0.717, 1.165) is 5.56 Å². The van der Waals surface area contributed by atoms with Crippen LogP contribution in [0, 0.1) is 0 Å². The van der Waals surface area contributed by atoms with Crippen LogP contribution in [-0.4, -0.2) is 36.9 Å². The smallest absolute Gasteiger partial charge is 0.246 e. The third-order valence-corrected chi connectivity index (χ3v) is 2.35. The summed E-state index contributed by atoms with van der Waals surface area (Å²) in [6.45, 7) is 2.31. The molecule has 2 N–H and O–H groups in total. The highest BCUT2D eigenvalue weighted by Crippen LogP contribution is 2.02. The van der Waals surface area contributed by atoms with Crippen LogP contribution in [0.3, 0.4) is 0 Å². The van der Waals surface area contributed by atoms with Crippen molar-refractivity contribution < 1.29 is 14.6 Å². The minimum Gasteiger partial charge on any atom is -0.394 e. The first-order chi connectivity index (χ1) is 8.26. The summed E-state index contributed by atoms with van der Waals surface area (Å²) in [5.74, 6) is -0.193. The number of carbonyl (C=O) groups is 1. The highest BCUT2D eigenvalue weighted by Gasteiger charge is 2.11. The summed E-state index contributed by atoms with van der Waals surface area (Å²) in [6.07, 6.45) is 0.620. The van der Waals surface area contributed by atoms with Crippen LogP contribution in [0.2, 0.25) is 0 Å². The Hall–Kier alpha value is -1.39. The third kappa shape index (κ3) is 5.47. The summed E-state index contributed by atoms with van der Waals surface area (Å²) in [7, 11) is 0. The summed E-state index contributed by atoms with van der Waals surface area (Å²) in [5, 5.41) is 11.9. The molecule has 1 aromatic carbocycles. The molecule has 0 fully saturated rings. The van der Waals surface area contributed by atoms with Crippen LogP contribution in [0.1, 0.15) is 12.5 Å². The second-order valence-electron chi connectivity index (χ2n) is 3.77. The van der Waals surface area contributed by atoms with Gasteiger partial charge in [-0.2, -0.15) is 0 Å². The summed E-state index contributed by atoms with van der Waals surface area (Å²) >= 11 is 0.